The number of fused-ring (bicyclic) bond motifs is 1. The molecule has 2 rings (SSSR count). The highest BCUT2D eigenvalue weighted by Crippen LogP contribution is 2.29. The van der Waals surface area contributed by atoms with Gasteiger partial charge in [-0.05, 0) is 46.1 Å². The molecule has 1 N–H and O–H groups in total. The smallest absolute Gasteiger partial charge is 0.120 e. The van der Waals surface area contributed by atoms with Crippen LogP contribution in [0, 0.1) is 6.92 Å². The fourth-order valence-electron chi connectivity index (χ4n) is 1.39. The van der Waals surface area contributed by atoms with Gasteiger partial charge < -0.3 is 5.11 Å². The number of aromatic nitrogens is 2. The maximum Gasteiger partial charge on any atom is 0.120 e. The van der Waals surface area contributed by atoms with Gasteiger partial charge in [0.2, 0.25) is 0 Å². The van der Waals surface area contributed by atoms with Gasteiger partial charge in [-0.15, -0.1) is 0 Å². The van der Waals surface area contributed by atoms with E-state index in [-0.39, 0.29) is 5.75 Å². The van der Waals surface area contributed by atoms with E-state index in [1.54, 1.807) is 6.20 Å². The predicted octanol–water partition coefficient (Wildman–Crippen LogP) is 1.64. The van der Waals surface area contributed by atoms with E-state index in [0.29, 0.717) is 11.8 Å². The van der Waals surface area contributed by atoms with E-state index < -0.39 is 0 Å². The Morgan fingerprint density at radius 1 is 1.64 bits per heavy atom. The Hall–Kier alpha value is -0.285. The summed E-state index contributed by atoms with van der Waals surface area (Å²) in [6, 6.07) is 1.90. The molecule has 1 heterocycles. The molecule has 0 fully saturated rings. The molecule has 2 aromatic rings. The summed E-state index contributed by atoms with van der Waals surface area (Å²) < 4.78 is 1.87. The largest absolute Gasteiger partial charge is 0.508 e. The van der Waals surface area contributed by atoms with Gasteiger partial charge in [-0.2, -0.15) is 5.10 Å². The highest BCUT2D eigenvalue weighted by molar-refractivity contribution is 14.2. The summed E-state index contributed by atoms with van der Waals surface area (Å²) in [7, 11) is 5.78. The van der Waals surface area contributed by atoms with Gasteiger partial charge in [0.1, 0.15) is 13.6 Å². The van der Waals surface area contributed by atoms with Gasteiger partial charge in [-0.3, -0.25) is 0 Å². The van der Waals surface area contributed by atoms with Crippen LogP contribution in [0.5, 0.6) is 5.75 Å². The van der Waals surface area contributed by atoms with Crippen molar-refractivity contribution in [3.8, 4) is 5.75 Å². The summed E-state index contributed by atoms with van der Waals surface area (Å²) in [5.41, 5.74) is 2.18. The Bertz CT molecular complexity index is 500. The second-order valence-corrected chi connectivity index (χ2v) is 5.07. The summed E-state index contributed by atoms with van der Waals surface area (Å²) in [6.45, 7) is 1.83. The quantitative estimate of drug-likeness (QED) is 0.493. The molecule has 0 saturated carbocycles. The normalized spacial score (nSPS) is 11.9. The first-order valence-corrected chi connectivity index (χ1v) is 8.03. The van der Waals surface area contributed by atoms with Gasteiger partial charge >= 0.3 is 0 Å². The Labute approximate surface area is 97.6 Å². The van der Waals surface area contributed by atoms with Gasteiger partial charge in [0.25, 0.3) is 0 Å². The third-order valence-electron chi connectivity index (χ3n) is 2.16. The van der Waals surface area contributed by atoms with Crippen molar-refractivity contribution < 1.29 is 5.11 Å². The molecule has 1 aromatic carbocycles. The lowest BCUT2D eigenvalue weighted by atomic mass is 9.89. The number of aryl methyl sites for hydroxylation is 1. The van der Waals surface area contributed by atoms with Gasteiger partial charge in [0.15, 0.2) is 0 Å². The van der Waals surface area contributed by atoms with E-state index in [9.17, 15) is 5.11 Å². The molecule has 1 unspecified atom stereocenters. The Morgan fingerprint density at radius 3 is 3.00 bits per heavy atom. The Morgan fingerprint density at radius 2 is 2.36 bits per heavy atom. The van der Waals surface area contributed by atoms with Crippen molar-refractivity contribution in [3.05, 3.63) is 17.8 Å². The zero-order chi connectivity index (χ0) is 10.3. The average Bonchev–Trinajstić information content (AvgIpc) is 2.57. The monoisotopic (exact) mass is 316 g/mol. The van der Waals surface area contributed by atoms with Crippen LogP contribution in [0.25, 0.3) is 10.9 Å². The van der Waals surface area contributed by atoms with Crippen molar-refractivity contribution in [3.63, 3.8) is 0 Å². The minimum Gasteiger partial charge on any atom is -0.508 e. The van der Waals surface area contributed by atoms with Crippen LogP contribution in [0.15, 0.2) is 12.3 Å². The molecule has 6 heteroatoms. The number of rotatable bonds is 1. The average molecular weight is 316 g/mol. The molecule has 14 heavy (non-hydrogen) atoms. The third-order valence-corrected chi connectivity index (χ3v) is 4.05. The maximum atomic E-state index is 9.62. The molecule has 0 spiro atoms. The van der Waals surface area contributed by atoms with Crippen LogP contribution in [-0.4, -0.2) is 22.5 Å². The van der Waals surface area contributed by atoms with E-state index in [0.717, 1.165) is 16.5 Å². The van der Waals surface area contributed by atoms with Crippen LogP contribution in [0.4, 0.5) is 0 Å². The zero-order valence-corrected chi connectivity index (χ0v) is 10.6. The first-order valence-electron chi connectivity index (χ1n) is 3.97. The summed E-state index contributed by atoms with van der Waals surface area (Å²) >= 11 is 2.26. The van der Waals surface area contributed by atoms with Crippen LogP contribution < -0.4 is 5.46 Å². The number of benzene rings is 1. The summed E-state index contributed by atoms with van der Waals surface area (Å²) in [5, 5.41) is 14.6. The fourth-order valence-corrected chi connectivity index (χ4v) is 2.92. The Balaban J connectivity index is 2.86. The number of phenolic OH excluding ortho intramolecular Hbond substituents is 1. The molecule has 0 bridgehead atoms. The van der Waals surface area contributed by atoms with Crippen molar-refractivity contribution in [1.82, 2.24) is 9.55 Å². The molecular weight excluding hydrogens is 309 g/mol. The first-order chi connectivity index (χ1) is 6.65. The van der Waals surface area contributed by atoms with E-state index in [4.69, 9.17) is 7.85 Å². The maximum absolute atomic E-state index is 9.62. The highest BCUT2D eigenvalue weighted by atomic mass is 127. The zero-order valence-electron chi connectivity index (χ0n) is 7.45. The molecule has 0 amide bonds. The number of aromatic hydroxyl groups is 1. The minimum atomic E-state index is 0.161. The van der Waals surface area contributed by atoms with Crippen molar-refractivity contribution in [2.75, 3.05) is 0 Å². The van der Waals surface area contributed by atoms with Crippen molar-refractivity contribution >= 4 is 52.6 Å². The lowest BCUT2D eigenvalue weighted by molar-refractivity contribution is 0.476. The van der Waals surface area contributed by atoms with Crippen LogP contribution in [0.2, 0.25) is 0 Å². The summed E-state index contributed by atoms with van der Waals surface area (Å²) in [5.74, 6) is 0.161. The first kappa shape index (κ1) is 10.2. The van der Waals surface area contributed by atoms with E-state index in [1.165, 1.54) is 0 Å². The molecule has 1 atom stereocenters. The number of nitrogens with zero attached hydrogens (tertiary/aromatic N) is 2. The highest BCUT2D eigenvalue weighted by Gasteiger charge is 2.09. The molecule has 2 radical (unpaired) electrons. The van der Waals surface area contributed by atoms with Gasteiger partial charge in [-0.25, -0.2) is 4.45 Å². The van der Waals surface area contributed by atoms with Crippen LogP contribution in [-0.2, 0) is 0 Å². The van der Waals surface area contributed by atoms with Crippen LogP contribution in [0.3, 0.4) is 0 Å². The molecular formula is C8H7BIN2OP. The number of hydrogen-bond acceptors (Lipinski definition) is 2. The topological polar surface area (TPSA) is 38.1 Å². The number of halogens is 1. The standard InChI is InChI=1S/C8H7BIN2OP/c1-4-2-6-5(7(9)8(4)13)3-11-12(6)14-10/h2-3,13-14H,1H3. The molecule has 0 aliphatic heterocycles. The predicted molar refractivity (Wildman–Crippen MR) is 69.3 cm³/mol. The lowest BCUT2D eigenvalue weighted by Gasteiger charge is -2.05. The minimum absolute atomic E-state index is 0.161. The molecule has 3 nitrogen and oxygen atoms in total. The molecule has 0 saturated heterocycles. The molecule has 0 aliphatic rings. The number of hydrogen-bond donors (Lipinski definition) is 1. The van der Waals surface area contributed by atoms with Gasteiger partial charge in [0, 0.05) is 5.39 Å². The Kier molecular flexibility index (Phi) is 2.71. The SMILES string of the molecule is [B]c1c(O)c(C)cc2c1cnn2PI. The molecule has 0 aliphatic carbocycles. The molecule has 70 valence electrons. The number of phenols is 1. The summed E-state index contributed by atoms with van der Waals surface area (Å²) in [6.07, 6.45) is 2.23. The van der Waals surface area contributed by atoms with Crippen LogP contribution in [0.1, 0.15) is 5.56 Å². The van der Waals surface area contributed by atoms with Crippen molar-refractivity contribution in [1.29, 1.82) is 0 Å². The fraction of sp³-hybridized carbons (Fsp3) is 0.125. The second kappa shape index (κ2) is 3.70. The van der Waals surface area contributed by atoms with Crippen molar-refractivity contribution in [2.24, 2.45) is 0 Å². The second-order valence-electron chi connectivity index (χ2n) is 3.03. The van der Waals surface area contributed by atoms with Gasteiger partial charge in [0.05, 0.1) is 18.1 Å². The lowest BCUT2D eigenvalue weighted by Crippen LogP contribution is -2.05. The summed E-state index contributed by atoms with van der Waals surface area (Å²) in [4.78, 5) is 0. The van der Waals surface area contributed by atoms with Gasteiger partial charge in [-0.1, -0.05) is 0 Å². The van der Waals surface area contributed by atoms with Crippen LogP contribution >= 0.6 is 28.4 Å². The van der Waals surface area contributed by atoms with Crippen molar-refractivity contribution in [2.45, 2.75) is 6.92 Å². The van der Waals surface area contributed by atoms with E-state index >= 15 is 0 Å². The molecule has 1 aromatic heterocycles. The third kappa shape index (κ3) is 1.43. The van der Waals surface area contributed by atoms with E-state index in [1.807, 2.05) is 17.4 Å². The van der Waals surface area contributed by atoms with E-state index in [2.05, 4.69) is 27.1 Å².